The zero-order chi connectivity index (χ0) is 15.8. The Labute approximate surface area is 116 Å². The molecule has 0 radical (unpaired) electrons. The second-order valence-corrected chi connectivity index (χ2v) is 4.20. The molecule has 1 N–H and O–H groups in total. The van der Waals surface area contributed by atoms with Gasteiger partial charge in [0.25, 0.3) is 0 Å². The second kappa shape index (κ2) is 5.17. The SMILES string of the molecule is O=C([O-])C(O)(c1cccc(F)c1F)c1cccc(F)c1F. The van der Waals surface area contributed by atoms with Gasteiger partial charge in [0.05, 0.1) is 5.97 Å². The second-order valence-electron chi connectivity index (χ2n) is 4.20. The number of aliphatic hydroxyl groups is 1. The van der Waals surface area contributed by atoms with Crippen LogP contribution in [0.25, 0.3) is 0 Å². The summed E-state index contributed by atoms with van der Waals surface area (Å²) in [4.78, 5) is 11.2. The molecule has 0 aromatic heterocycles. The molecule has 0 amide bonds. The van der Waals surface area contributed by atoms with Crippen LogP contribution in [0, 0.1) is 23.3 Å². The molecule has 110 valence electrons. The average molecular weight is 299 g/mol. The zero-order valence-corrected chi connectivity index (χ0v) is 10.2. The molecule has 0 aliphatic rings. The van der Waals surface area contributed by atoms with Crippen LogP contribution in [-0.4, -0.2) is 11.1 Å². The van der Waals surface area contributed by atoms with Gasteiger partial charge in [-0.3, -0.25) is 0 Å². The van der Waals surface area contributed by atoms with Gasteiger partial charge in [0.1, 0.15) is 0 Å². The van der Waals surface area contributed by atoms with E-state index in [1.807, 2.05) is 0 Å². The molecule has 0 saturated carbocycles. The Morgan fingerprint density at radius 3 is 1.62 bits per heavy atom. The van der Waals surface area contributed by atoms with E-state index in [9.17, 15) is 32.6 Å². The third-order valence-corrected chi connectivity index (χ3v) is 2.98. The van der Waals surface area contributed by atoms with Crippen LogP contribution in [0.5, 0.6) is 0 Å². The minimum absolute atomic E-state index is 0.677. The summed E-state index contributed by atoms with van der Waals surface area (Å²) in [5.41, 5.74) is -5.56. The summed E-state index contributed by atoms with van der Waals surface area (Å²) in [7, 11) is 0. The van der Waals surface area contributed by atoms with Crippen LogP contribution in [0.4, 0.5) is 17.6 Å². The summed E-state index contributed by atoms with van der Waals surface area (Å²) in [6.45, 7) is 0. The third-order valence-electron chi connectivity index (χ3n) is 2.98. The van der Waals surface area contributed by atoms with Crippen LogP contribution in [0.2, 0.25) is 0 Å². The monoisotopic (exact) mass is 299 g/mol. The van der Waals surface area contributed by atoms with Crippen LogP contribution in [-0.2, 0) is 10.4 Å². The Morgan fingerprint density at radius 1 is 0.905 bits per heavy atom. The van der Waals surface area contributed by atoms with Crippen molar-refractivity contribution in [2.45, 2.75) is 5.60 Å². The van der Waals surface area contributed by atoms with Gasteiger partial charge in [0, 0.05) is 11.1 Å². The van der Waals surface area contributed by atoms with Crippen molar-refractivity contribution in [1.29, 1.82) is 0 Å². The fourth-order valence-electron chi connectivity index (χ4n) is 1.93. The Hall–Kier alpha value is -2.41. The van der Waals surface area contributed by atoms with Crippen molar-refractivity contribution in [3.63, 3.8) is 0 Å². The standard InChI is InChI=1S/C14H8F4O3/c15-9-5-1-3-7(11(9)17)14(21,13(19)20)8-4-2-6-10(16)12(8)18/h1-6,21H,(H,19,20)/p-1. The van der Waals surface area contributed by atoms with Crippen LogP contribution >= 0.6 is 0 Å². The van der Waals surface area contributed by atoms with Gasteiger partial charge in [-0.05, 0) is 12.1 Å². The molecule has 0 unspecified atom stereocenters. The molecule has 0 spiro atoms. The van der Waals surface area contributed by atoms with Crippen molar-refractivity contribution in [1.82, 2.24) is 0 Å². The molecule has 0 saturated heterocycles. The van der Waals surface area contributed by atoms with Gasteiger partial charge in [-0.25, -0.2) is 17.6 Å². The number of aliphatic carboxylic acids is 1. The van der Waals surface area contributed by atoms with Gasteiger partial charge < -0.3 is 15.0 Å². The number of rotatable bonds is 3. The number of hydrogen-bond acceptors (Lipinski definition) is 3. The smallest absolute Gasteiger partial charge is 0.165 e. The van der Waals surface area contributed by atoms with E-state index in [0.29, 0.717) is 12.1 Å². The predicted molar refractivity (Wildman–Crippen MR) is 60.7 cm³/mol. The molecule has 0 fully saturated rings. The van der Waals surface area contributed by atoms with E-state index in [4.69, 9.17) is 0 Å². The normalized spacial score (nSPS) is 11.5. The summed E-state index contributed by atoms with van der Waals surface area (Å²) in [6, 6.07) is 4.65. The summed E-state index contributed by atoms with van der Waals surface area (Å²) in [5.74, 6) is -8.63. The highest BCUT2D eigenvalue weighted by molar-refractivity contribution is 5.82. The van der Waals surface area contributed by atoms with E-state index in [1.54, 1.807) is 0 Å². The summed E-state index contributed by atoms with van der Waals surface area (Å²) in [6.07, 6.45) is 0. The molecular weight excluding hydrogens is 292 g/mol. The number of carboxylic acid groups (broad SMARTS) is 1. The molecule has 2 rings (SSSR count). The Morgan fingerprint density at radius 2 is 1.29 bits per heavy atom. The van der Waals surface area contributed by atoms with Gasteiger partial charge in [-0.15, -0.1) is 0 Å². The van der Waals surface area contributed by atoms with Gasteiger partial charge in [0.2, 0.25) is 0 Å². The summed E-state index contributed by atoms with van der Waals surface area (Å²) < 4.78 is 53.9. The molecule has 2 aromatic carbocycles. The molecule has 0 bridgehead atoms. The molecule has 2 aromatic rings. The largest absolute Gasteiger partial charge is 0.546 e. The van der Waals surface area contributed by atoms with E-state index in [-0.39, 0.29) is 0 Å². The number of benzene rings is 2. The zero-order valence-electron chi connectivity index (χ0n) is 10.2. The van der Waals surface area contributed by atoms with E-state index < -0.39 is 46.0 Å². The third kappa shape index (κ3) is 2.25. The molecule has 7 heteroatoms. The van der Waals surface area contributed by atoms with E-state index in [1.165, 1.54) is 0 Å². The lowest BCUT2D eigenvalue weighted by molar-refractivity contribution is -0.323. The number of hydrogen-bond donors (Lipinski definition) is 1. The predicted octanol–water partition coefficient (Wildman–Crippen LogP) is 1.23. The average Bonchev–Trinajstić information content (AvgIpc) is 2.44. The van der Waals surface area contributed by atoms with Crippen molar-refractivity contribution in [2.24, 2.45) is 0 Å². The van der Waals surface area contributed by atoms with Crippen LogP contribution in [0.15, 0.2) is 36.4 Å². The Kier molecular flexibility index (Phi) is 3.69. The van der Waals surface area contributed by atoms with Crippen molar-refractivity contribution < 1.29 is 32.6 Å². The maximum absolute atomic E-state index is 13.7. The van der Waals surface area contributed by atoms with Crippen LogP contribution in [0.1, 0.15) is 11.1 Å². The lowest BCUT2D eigenvalue weighted by Gasteiger charge is -2.30. The van der Waals surface area contributed by atoms with E-state index in [0.717, 1.165) is 24.3 Å². The Bertz CT molecular complexity index is 664. The first-order valence-corrected chi connectivity index (χ1v) is 5.63. The van der Waals surface area contributed by atoms with Crippen LogP contribution in [0.3, 0.4) is 0 Å². The first-order valence-electron chi connectivity index (χ1n) is 5.63. The minimum atomic E-state index is -3.38. The molecule has 0 aliphatic carbocycles. The van der Waals surface area contributed by atoms with Crippen molar-refractivity contribution in [3.8, 4) is 0 Å². The Balaban J connectivity index is 2.81. The van der Waals surface area contributed by atoms with Gasteiger partial charge in [-0.2, -0.15) is 0 Å². The lowest BCUT2D eigenvalue weighted by Crippen LogP contribution is -2.48. The number of carboxylic acids is 1. The van der Waals surface area contributed by atoms with Gasteiger partial charge in [0.15, 0.2) is 28.9 Å². The van der Waals surface area contributed by atoms with Crippen molar-refractivity contribution >= 4 is 5.97 Å². The van der Waals surface area contributed by atoms with Crippen LogP contribution < -0.4 is 5.11 Å². The fourth-order valence-corrected chi connectivity index (χ4v) is 1.93. The van der Waals surface area contributed by atoms with Gasteiger partial charge >= 0.3 is 0 Å². The highest BCUT2D eigenvalue weighted by Gasteiger charge is 2.39. The molecule has 3 nitrogen and oxygen atoms in total. The molecule has 0 aliphatic heterocycles. The topological polar surface area (TPSA) is 60.4 Å². The number of carbonyl (C=O) groups is 1. The van der Waals surface area contributed by atoms with E-state index >= 15 is 0 Å². The fraction of sp³-hybridized carbons (Fsp3) is 0.0714. The molecule has 0 atom stereocenters. The quantitative estimate of drug-likeness (QED) is 0.867. The first-order chi connectivity index (χ1) is 9.80. The van der Waals surface area contributed by atoms with Crippen molar-refractivity contribution in [2.75, 3.05) is 0 Å². The van der Waals surface area contributed by atoms with E-state index in [2.05, 4.69) is 0 Å². The molecular formula is C14H7F4O3-. The first kappa shape index (κ1) is 15.0. The summed E-state index contributed by atoms with van der Waals surface area (Å²) in [5, 5.41) is 21.4. The van der Waals surface area contributed by atoms with Crippen molar-refractivity contribution in [3.05, 3.63) is 70.8 Å². The minimum Gasteiger partial charge on any atom is -0.546 e. The lowest BCUT2D eigenvalue weighted by atomic mass is 9.85. The molecule has 21 heavy (non-hydrogen) atoms. The number of halogens is 4. The number of carbonyl (C=O) groups excluding carboxylic acids is 1. The maximum Gasteiger partial charge on any atom is 0.165 e. The highest BCUT2D eigenvalue weighted by Crippen LogP contribution is 2.34. The maximum atomic E-state index is 13.7. The van der Waals surface area contributed by atoms with Gasteiger partial charge in [-0.1, -0.05) is 24.3 Å². The highest BCUT2D eigenvalue weighted by atomic mass is 19.2. The summed E-state index contributed by atoms with van der Waals surface area (Å²) >= 11 is 0. The molecule has 0 heterocycles.